The van der Waals surface area contributed by atoms with Crippen molar-refractivity contribution in [3.63, 3.8) is 0 Å². The molecule has 0 amide bonds. The largest absolute Gasteiger partial charge is 0.459 e. The second-order valence-corrected chi connectivity index (χ2v) is 5.49. The van der Waals surface area contributed by atoms with Crippen molar-refractivity contribution in [1.82, 2.24) is 0 Å². The van der Waals surface area contributed by atoms with Crippen molar-refractivity contribution in [2.45, 2.75) is 38.4 Å². The lowest BCUT2D eigenvalue weighted by Gasteiger charge is -2.19. The summed E-state index contributed by atoms with van der Waals surface area (Å²) in [5.74, 6) is -3.01. The second kappa shape index (κ2) is 5.36. The number of anilines is 1. The van der Waals surface area contributed by atoms with Crippen molar-refractivity contribution in [2.24, 2.45) is 0 Å². The molecule has 0 saturated carbocycles. The maximum Gasteiger partial charge on any atom is 0.340 e. The van der Waals surface area contributed by atoms with E-state index in [4.69, 9.17) is 15.2 Å². The summed E-state index contributed by atoms with van der Waals surface area (Å²) in [7, 11) is 0. The number of esters is 1. The summed E-state index contributed by atoms with van der Waals surface area (Å²) in [5.41, 5.74) is 4.92. The van der Waals surface area contributed by atoms with Crippen molar-refractivity contribution < 1.29 is 23.0 Å². The summed E-state index contributed by atoms with van der Waals surface area (Å²) in [5, 5.41) is 0. The number of rotatable bonds is 3. The van der Waals surface area contributed by atoms with Gasteiger partial charge in [-0.25, -0.2) is 13.6 Å². The molecule has 1 aromatic carbocycles. The number of nitrogen functional groups attached to an aromatic ring is 1. The fraction of sp³-hybridized carbons (Fsp3) is 0.500. The Hall–Kier alpha value is -1.69. The van der Waals surface area contributed by atoms with Crippen molar-refractivity contribution in [2.75, 3.05) is 12.3 Å². The van der Waals surface area contributed by atoms with Crippen LogP contribution in [-0.4, -0.2) is 24.3 Å². The van der Waals surface area contributed by atoms with E-state index in [-0.39, 0.29) is 29.6 Å². The zero-order chi connectivity index (χ0) is 14.9. The first kappa shape index (κ1) is 14.7. The summed E-state index contributed by atoms with van der Waals surface area (Å²) in [6.45, 7) is 3.99. The smallest absolute Gasteiger partial charge is 0.340 e. The third-order valence-corrected chi connectivity index (χ3v) is 3.27. The van der Waals surface area contributed by atoms with Gasteiger partial charge in [-0.3, -0.25) is 0 Å². The van der Waals surface area contributed by atoms with E-state index >= 15 is 0 Å². The Morgan fingerprint density at radius 3 is 2.70 bits per heavy atom. The van der Waals surface area contributed by atoms with Crippen LogP contribution in [0.4, 0.5) is 14.5 Å². The highest BCUT2D eigenvalue weighted by Crippen LogP contribution is 2.29. The summed E-state index contributed by atoms with van der Waals surface area (Å²) in [4.78, 5) is 11.8. The molecule has 1 unspecified atom stereocenters. The summed E-state index contributed by atoms with van der Waals surface area (Å²) >= 11 is 0. The molecule has 2 rings (SSSR count). The van der Waals surface area contributed by atoms with Gasteiger partial charge in [-0.15, -0.1) is 0 Å². The maximum atomic E-state index is 13.1. The van der Waals surface area contributed by atoms with Crippen LogP contribution in [0.3, 0.4) is 0 Å². The van der Waals surface area contributed by atoms with Gasteiger partial charge in [0.05, 0.1) is 17.3 Å². The Morgan fingerprint density at radius 1 is 1.45 bits per heavy atom. The van der Waals surface area contributed by atoms with E-state index in [0.29, 0.717) is 0 Å². The van der Waals surface area contributed by atoms with E-state index < -0.39 is 17.6 Å². The van der Waals surface area contributed by atoms with Gasteiger partial charge < -0.3 is 15.2 Å². The van der Waals surface area contributed by atoms with Crippen LogP contribution in [0.15, 0.2) is 12.1 Å². The van der Waals surface area contributed by atoms with Gasteiger partial charge in [0, 0.05) is 11.8 Å². The Morgan fingerprint density at radius 2 is 2.10 bits per heavy atom. The average molecular weight is 285 g/mol. The van der Waals surface area contributed by atoms with Gasteiger partial charge in [0.15, 0.2) is 11.6 Å². The van der Waals surface area contributed by atoms with Crippen molar-refractivity contribution >= 4 is 11.7 Å². The first-order valence-corrected chi connectivity index (χ1v) is 6.38. The molecular weight excluding hydrogens is 268 g/mol. The van der Waals surface area contributed by atoms with Crippen molar-refractivity contribution in [1.29, 1.82) is 0 Å². The molecule has 20 heavy (non-hydrogen) atoms. The van der Waals surface area contributed by atoms with Gasteiger partial charge >= 0.3 is 5.97 Å². The Bertz CT molecular complexity index is 531. The number of benzene rings is 1. The van der Waals surface area contributed by atoms with Gasteiger partial charge in [0.2, 0.25) is 0 Å². The number of carbonyl (C=O) groups is 1. The predicted molar refractivity (Wildman–Crippen MR) is 69.2 cm³/mol. The van der Waals surface area contributed by atoms with E-state index in [1.165, 1.54) is 0 Å². The molecule has 1 saturated heterocycles. The Balaban J connectivity index is 1.98. The van der Waals surface area contributed by atoms with Gasteiger partial charge in [-0.2, -0.15) is 0 Å². The third kappa shape index (κ3) is 3.25. The van der Waals surface area contributed by atoms with E-state index in [1.807, 2.05) is 13.8 Å². The number of hydrogen-bond donors (Lipinski definition) is 1. The van der Waals surface area contributed by atoms with E-state index in [2.05, 4.69) is 0 Å². The SMILES string of the molecule is CC1(C)CCC(COC(=O)c2cc(F)c(F)cc2N)O1. The lowest BCUT2D eigenvalue weighted by Crippen LogP contribution is -2.24. The van der Waals surface area contributed by atoms with Crippen LogP contribution in [0.5, 0.6) is 0 Å². The number of nitrogens with two attached hydrogens (primary N) is 1. The monoisotopic (exact) mass is 285 g/mol. The lowest BCUT2D eigenvalue weighted by atomic mass is 10.1. The predicted octanol–water partition coefficient (Wildman–Crippen LogP) is 2.66. The van der Waals surface area contributed by atoms with Gasteiger partial charge in [0.1, 0.15) is 6.61 Å². The van der Waals surface area contributed by atoms with Crippen LogP contribution in [0.1, 0.15) is 37.0 Å². The molecule has 1 heterocycles. The summed E-state index contributed by atoms with van der Waals surface area (Å²) < 4.78 is 36.7. The molecule has 110 valence electrons. The van der Waals surface area contributed by atoms with Gasteiger partial charge in [0.25, 0.3) is 0 Å². The zero-order valence-electron chi connectivity index (χ0n) is 11.4. The number of hydrogen-bond acceptors (Lipinski definition) is 4. The van der Waals surface area contributed by atoms with Crippen LogP contribution in [-0.2, 0) is 9.47 Å². The van der Waals surface area contributed by atoms with Crippen LogP contribution in [0, 0.1) is 11.6 Å². The fourth-order valence-corrected chi connectivity index (χ4v) is 2.18. The number of carbonyl (C=O) groups excluding carboxylic acids is 1. The molecule has 0 spiro atoms. The second-order valence-electron chi connectivity index (χ2n) is 5.49. The Labute approximate surface area is 115 Å². The average Bonchev–Trinajstić information content (AvgIpc) is 2.70. The van der Waals surface area contributed by atoms with Crippen molar-refractivity contribution in [3.05, 3.63) is 29.3 Å². The molecule has 1 aliphatic rings. The number of ether oxygens (including phenoxy) is 2. The standard InChI is InChI=1S/C14H17F2NO3/c1-14(2)4-3-8(20-14)7-19-13(18)9-5-10(15)11(16)6-12(9)17/h5-6,8H,3-4,7,17H2,1-2H3. The molecule has 4 nitrogen and oxygen atoms in total. The fourth-order valence-electron chi connectivity index (χ4n) is 2.18. The van der Waals surface area contributed by atoms with E-state index in [1.54, 1.807) is 0 Å². The van der Waals surface area contributed by atoms with Crippen LogP contribution in [0.25, 0.3) is 0 Å². The van der Waals surface area contributed by atoms with Crippen LogP contribution >= 0.6 is 0 Å². The topological polar surface area (TPSA) is 61.5 Å². The lowest BCUT2D eigenvalue weighted by molar-refractivity contribution is -0.0444. The minimum absolute atomic E-state index is 0.0701. The van der Waals surface area contributed by atoms with Crippen LogP contribution in [0.2, 0.25) is 0 Å². The molecular formula is C14H17F2NO3. The zero-order valence-corrected chi connectivity index (χ0v) is 11.4. The highest BCUT2D eigenvalue weighted by molar-refractivity contribution is 5.95. The Kier molecular flexibility index (Phi) is 3.94. The van der Waals surface area contributed by atoms with Crippen molar-refractivity contribution in [3.8, 4) is 0 Å². The quantitative estimate of drug-likeness (QED) is 0.685. The maximum absolute atomic E-state index is 13.1. The molecule has 0 aromatic heterocycles. The van der Waals surface area contributed by atoms with Gasteiger partial charge in [-0.05, 0) is 32.8 Å². The van der Waals surface area contributed by atoms with E-state index in [9.17, 15) is 13.6 Å². The third-order valence-electron chi connectivity index (χ3n) is 3.27. The molecule has 0 bridgehead atoms. The van der Waals surface area contributed by atoms with Crippen LogP contribution < -0.4 is 5.73 Å². The summed E-state index contributed by atoms with van der Waals surface area (Å²) in [6, 6.07) is 1.51. The molecule has 1 aliphatic heterocycles. The molecule has 0 radical (unpaired) electrons. The van der Waals surface area contributed by atoms with Gasteiger partial charge in [-0.1, -0.05) is 0 Å². The first-order chi connectivity index (χ1) is 9.28. The molecule has 1 fully saturated rings. The van der Waals surface area contributed by atoms with E-state index in [0.717, 1.165) is 25.0 Å². The summed E-state index contributed by atoms with van der Waals surface area (Å²) in [6.07, 6.45) is 1.48. The minimum atomic E-state index is -1.13. The highest BCUT2D eigenvalue weighted by Gasteiger charge is 2.32. The molecule has 2 N–H and O–H groups in total. The molecule has 6 heteroatoms. The minimum Gasteiger partial charge on any atom is -0.459 e. The highest BCUT2D eigenvalue weighted by atomic mass is 19.2. The molecule has 0 aliphatic carbocycles. The number of halogens is 2. The first-order valence-electron chi connectivity index (χ1n) is 6.38. The normalized spacial score (nSPS) is 20.9. The molecule has 1 atom stereocenters. The molecule has 1 aromatic rings.